The highest BCUT2D eigenvalue weighted by atomic mass is 15.3. The molecule has 1 aliphatic carbocycles. The lowest BCUT2D eigenvalue weighted by Gasteiger charge is -2.52. The predicted molar refractivity (Wildman–Crippen MR) is 238 cm³/mol. The van der Waals surface area contributed by atoms with Crippen molar-refractivity contribution in [1.82, 2.24) is 4.57 Å². The highest BCUT2D eigenvalue weighted by molar-refractivity contribution is 7.00. The molecule has 2 atom stereocenters. The smallest absolute Gasteiger partial charge is 0.252 e. The molecule has 4 heteroatoms. The molecular weight excluding hydrogens is 677 g/mol. The third kappa shape index (κ3) is 3.62. The fourth-order valence-electron chi connectivity index (χ4n) is 12.1. The van der Waals surface area contributed by atoms with Gasteiger partial charge in [0.1, 0.15) is 0 Å². The van der Waals surface area contributed by atoms with Crippen LogP contribution in [0.2, 0.25) is 0 Å². The lowest BCUT2D eigenvalue weighted by atomic mass is 9.33. The van der Waals surface area contributed by atoms with Crippen molar-refractivity contribution >= 4 is 94.9 Å². The fraction of sp³-hybridized carbons (Fsp3) is 0.154. The topological polar surface area (TPSA) is 11.4 Å². The molecule has 4 heterocycles. The summed E-state index contributed by atoms with van der Waals surface area (Å²) in [7, 11) is 0. The van der Waals surface area contributed by atoms with Gasteiger partial charge in [0.25, 0.3) is 6.71 Å². The zero-order chi connectivity index (χ0) is 36.9. The fourth-order valence-corrected chi connectivity index (χ4v) is 12.1. The van der Waals surface area contributed by atoms with Crippen molar-refractivity contribution in [2.75, 3.05) is 9.80 Å². The number of nitrogens with zero attached hydrogens (tertiary/aromatic N) is 3. The number of fused-ring (bicyclic) bond motifs is 15. The minimum absolute atomic E-state index is 0.0503. The van der Waals surface area contributed by atoms with E-state index < -0.39 is 0 Å². The number of aromatic nitrogens is 1. The summed E-state index contributed by atoms with van der Waals surface area (Å²) in [4.78, 5) is 5.33. The van der Waals surface area contributed by atoms with Crippen molar-refractivity contribution in [1.29, 1.82) is 0 Å². The quantitative estimate of drug-likeness (QED) is 0.133. The zero-order valence-corrected chi connectivity index (χ0v) is 31.8. The van der Waals surface area contributed by atoms with Crippen LogP contribution in [-0.2, 0) is 5.41 Å². The number of benzene rings is 8. The Bertz CT molecular complexity index is 3110. The zero-order valence-electron chi connectivity index (χ0n) is 31.8. The van der Waals surface area contributed by atoms with Gasteiger partial charge in [-0.1, -0.05) is 141 Å². The van der Waals surface area contributed by atoms with Gasteiger partial charge in [-0.15, -0.1) is 0 Å². The summed E-state index contributed by atoms with van der Waals surface area (Å²) in [6, 6.07) is 59.6. The third-order valence-corrected chi connectivity index (χ3v) is 14.6. The molecule has 0 radical (unpaired) electrons. The minimum Gasteiger partial charge on any atom is -0.335 e. The number of para-hydroxylation sites is 4. The van der Waals surface area contributed by atoms with E-state index >= 15 is 0 Å². The molecule has 0 saturated heterocycles. The third-order valence-electron chi connectivity index (χ3n) is 14.6. The van der Waals surface area contributed by atoms with E-state index in [4.69, 9.17) is 0 Å². The van der Waals surface area contributed by atoms with Crippen molar-refractivity contribution in [2.45, 2.75) is 50.5 Å². The largest absolute Gasteiger partial charge is 0.335 e. The molecule has 9 aromatic rings. The van der Waals surface area contributed by atoms with Crippen LogP contribution in [0.15, 0.2) is 158 Å². The van der Waals surface area contributed by atoms with Crippen LogP contribution in [0, 0.1) is 0 Å². The average Bonchev–Trinajstić information content (AvgIpc) is 3.71. The summed E-state index contributed by atoms with van der Waals surface area (Å²) in [5, 5.41) is 7.92. The number of hydrogen-bond donors (Lipinski definition) is 0. The van der Waals surface area contributed by atoms with Crippen LogP contribution in [0.4, 0.5) is 28.4 Å². The summed E-state index contributed by atoms with van der Waals surface area (Å²) < 4.78 is 2.69. The maximum atomic E-state index is 2.86. The van der Waals surface area contributed by atoms with E-state index in [2.05, 4.69) is 186 Å². The highest BCUT2D eigenvalue weighted by Gasteiger charge is 2.61. The molecule has 2 unspecified atom stereocenters. The first-order valence-electron chi connectivity index (χ1n) is 20.5. The van der Waals surface area contributed by atoms with E-state index in [1.165, 1.54) is 114 Å². The van der Waals surface area contributed by atoms with E-state index in [-0.39, 0.29) is 17.7 Å². The van der Waals surface area contributed by atoms with E-state index in [1.54, 1.807) is 0 Å². The SMILES string of the molecule is CC12CCCCC1(C)N1c3cc(N(c4ccccc4)c4ccccc4)cc4c3B(c3cccc2c31)c1cccc2c3c5ccccc5c5ccccc5c3n-4c12. The van der Waals surface area contributed by atoms with Crippen LogP contribution in [0.25, 0.3) is 49.0 Å². The van der Waals surface area contributed by atoms with Crippen LogP contribution in [0.1, 0.15) is 45.1 Å². The average molecular weight is 718 g/mol. The van der Waals surface area contributed by atoms with Gasteiger partial charge < -0.3 is 14.4 Å². The van der Waals surface area contributed by atoms with Crippen molar-refractivity contribution in [3.05, 3.63) is 163 Å². The molecule has 1 saturated carbocycles. The van der Waals surface area contributed by atoms with Crippen molar-refractivity contribution in [2.24, 2.45) is 0 Å². The number of anilines is 5. The normalized spacial score (nSPS) is 20.1. The summed E-state index contributed by atoms with van der Waals surface area (Å²) in [5.74, 6) is 0. The molecule has 0 amide bonds. The van der Waals surface area contributed by atoms with Crippen molar-refractivity contribution in [3.8, 4) is 5.69 Å². The Morgan fingerprint density at radius 3 is 1.86 bits per heavy atom. The Kier molecular flexibility index (Phi) is 5.94. The Morgan fingerprint density at radius 1 is 0.518 bits per heavy atom. The Hall–Kier alpha value is -6.26. The lowest BCUT2D eigenvalue weighted by Crippen LogP contribution is -2.64. The monoisotopic (exact) mass is 717 g/mol. The van der Waals surface area contributed by atoms with Gasteiger partial charge in [0.15, 0.2) is 0 Å². The van der Waals surface area contributed by atoms with Crippen LogP contribution < -0.4 is 26.2 Å². The molecule has 4 aliphatic rings. The number of rotatable bonds is 3. The molecule has 56 heavy (non-hydrogen) atoms. The number of hydrogen-bond acceptors (Lipinski definition) is 2. The maximum absolute atomic E-state index is 2.86. The molecule has 13 rings (SSSR count). The predicted octanol–water partition coefficient (Wildman–Crippen LogP) is 11.4. The molecule has 0 spiro atoms. The van der Waals surface area contributed by atoms with E-state index in [9.17, 15) is 0 Å². The van der Waals surface area contributed by atoms with E-state index in [0.29, 0.717) is 0 Å². The molecule has 0 N–H and O–H groups in total. The molecule has 1 aromatic heterocycles. The molecule has 1 fully saturated rings. The van der Waals surface area contributed by atoms with Gasteiger partial charge >= 0.3 is 0 Å². The summed E-state index contributed by atoms with van der Waals surface area (Å²) in [6.07, 6.45) is 4.91. The minimum atomic E-state index is -0.0562. The summed E-state index contributed by atoms with van der Waals surface area (Å²) in [5.41, 5.74) is 16.1. The second-order valence-corrected chi connectivity index (χ2v) is 17.1. The standard InChI is InChI=1S/C52H40BN3/c1-51-29-13-14-30-52(51,2)56-45-32-35(54(33-17-5-3-6-18-33)34-19-7-4-8-20-34)31-44-47(45)53(43-28-16-26-41(51)50(43)56)42-27-15-25-40-46-38-23-11-9-21-36(38)37-22-10-12-24-39(37)49(46)55(44)48(40)42/h3-12,15-28,31-32H,13-14,29-30H2,1-2H3. The molecule has 3 aliphatic heterocycles. The Balaban J connectivity index is 1.25. The van der Waals surface area contributed by atoms with Crippen LogP contribution in [-0.4, -0.2) is 16.8 Å². The summed E-state index contributed by atoms with van der Waals surface area (Å²) >= 11 is 0. The van der Waals surface area contributed by atoms with Gasteiger partial charge in [-0.25, -0.2) is 0 Å². The van der Waals surface area contributed by atoms with E-state index in [1.807, 2.05) is 0 Å². The van der Waals surface area contributed by atoms with E-state index in [0.717, 1.165) is 11.4 Å². The first-order chi connectivity index (χ1) is 27.6. The Labute approximate surface area is 327 Å². The van der Waals surface area contributed by atoms with Crippen molar-refractivity contribution in [3.63, 3.8) is 0 Å². The summed E-state index contributed by atoms with van der Waals surface area (Å²) in [6.45, 7) is 5.28. The molecule has 3 nitrogen and oxygen atoms in total. The van der Waals surface area contributed by atoms with Crippen LogP contribution in [0.3, 0.4) is 0 Å². The van der Waals surface area contributed by atoms with Gasteiger partial charge in [0.05, 0.1) is 16.7 Å². The van der Waals surface area contributed by atoms with Gasteiger partial charge in [0.2, 0.25) is 0 Å². The molecular formula is C52H40BN3. The first-order valence-corrected chi connectivity index (χ1v) is 20.5. The Morgan fingerprint density at radius 2 is 1.11 bits per heavy atom. The first kappa shape index (κ1) is 31.0. The maximum Gasteiger partial charge on any atom is 0.252 e. The molecule has 266 valence electrons. The second-order valence-electron chi connectivity index (χ2n) is 17.1. The second kappa shape index (κ2) is 10.7. The van der Waals surface area contributed by atoms with Crippen LogP contribution >= 0.6 is 0 Å². The lowest BCUT2D eigenvalue weighted by molar-refractivity contribution is 0.195. The highest BCUT2D eigenvalue weighted by Crippen LogP contribution is 2.62. The van der Waals surface area contributed by atoms with Crippen molar-refractivity contribution < 1.29 is 0 Å². The van der Waals surface area contributed by atoms with Gasteiger partial charge in [0, 0.05) is 55.5 Å². The van der Waals surface area contributed by atoms with Gasteiger partial charge in [-0.3, -0.25) is 0 Å². The van der Waals surface area contributed by atoms with Gasteiger partial charge in [-0.05, 0) is 94.3 Å². The van der Waals surface area contributed by atoms with Gasteiger partial charge in [-0.2, -0.15) is 0 Å². The molecule has 8 aromatic carbocycles. The van der Waals surface area contributed by atoms with Crippen LogP contribution in [0.5, 0.6) is 0 Å². The molecule has 0 bridgehead atoms.